The Morgan fingerprint density at radius 1 is 1.06 bits per heavy atom. The van der Waals surface area contributed by atoms with E-state index in [-0.39, 0.29) is 5.91 Å². The van der Waals surface area contributed by atoms with E-state index in [1.807, 2.05) is 69.4 Å². The van der Waals surface area contributed by atoms with Crippen molar-refractivity contribution in [2.24, 2.45) is 14.1 Å². The molecule has 5 aromatic rings. The number of aryl methyl sites for hydroxylation is 3. The van der Waals surface area contributed by atoms with Gasteiger partial charge in [0.15, 0.2) is 0 Å². The maximum atomic E-state index is 13.8. The topological polar surface area (TPSA) is 71.7 Å². The first kappa shape index (κ1) is 21.0. The Labute approximate surface area is 192 Å². The van der Waals surface area contributed by atoms with Gasteiger partial charge in [0.05, 0.1) is 28.8 Å². The van der Waals surface area contributed by atoms with Crippen molar-refractivity contribution in [1.29, 1.82) is 0 Å². The van der Waals surface area contributed by atoms with Crippen molar-refractivity contribution >= 4 is 27.8 Å². The predicted molar refractivity (Wildman–Crippen MR) is 130 cm³/mol. The summed E-state index contributed by atoms with van der Waals surface area (Å²) in [6, 6.07) is 16.3. The summed E-state index contributed by atoms with van der Waals surface area (Å²) in [4.78, 5) is 23.8. The van der Waals surface area contributed by atoms with Gasteiger partial charge in [-0.25, -0.2) is 4.98 Å². The molecule has 1 amide bonds. The number of para-hydroxylation sites is 3. The summed E-state index contributed by atoms with van der Waals surface area (Å²) in [6.07, 6.45) is 2.79. The first-order chi connectivity index (χ1) is 15.9. The molecule has 2 aromatic carbocycles. The molecule has 0 spiro atoms. The molecule has 0 aliphatic heterocycles. The first-order valence-electron chi connectivity index (χ1n) is 11.2. The molecule has 33 heavy (non-hydrogen) atoms. The van der Waals surface area contributed by atoms with Crippen LogP contribution in [0.15, 0.2) is 54.7 Å². The minimum Gasteiger partial charge on any atom is -0.361 e. The molecule has 0 unspecified atom stereocenters. The number of hydrogen-bond donors (Lipinski definition) is 1. The number of rotatable bonds is 6. The zero-order valence-electron chi connectivity index (χ0n) is 19.5. The van der Waals surface area contributed by atoms with E-state index in [0.717, 1.165) is 40.2 Å². The summed E-state index contributed by atoms with van der Waals surface area (Å²) in [5.41, 5.74) is 6.61. The lowest BCUT2D eigenvalue weighted by Crippen LogP contribution is -2.34. The molecular weight excluding hydrogens is 412 g/mol. The average molecular weight is 441 g/mol. The van der Waals surface area contributed by atoms with Crippen molar-refractivity contribution in [2.45, 2.75) is 26.8 Å². The molecular formula is C26H28N6O. The van der Waals surface area contributed by atoms with Gasteiger partial charge in [-0.3, -0.25) is 9.48 Å². The van der Waals surface area contributed by atoms with Crippen molar-refractivity contribution in [3.05, 3.63) is 83.1 Å². The summed E-state index contributed by atoms with van der Waals surface area (Å²) >= 11 is 0. The molecule has 0 aliphatic carbocycles. The second-order valence-corrected chi connectivity index (χ2v) is 8.58. The van der Waals surface area contributed by atoms with Gasteiger partial charge in [0, 0.05) is 43.4 Å². The highest BCUT2D eigenvalue weighted by Gasteiger charge is 2.25. The van der Waals surface area contributed by atoms with E-state index in [2.05, 4.69) is 32.8 Å². The standard InChI is InChI=1S/C26H28N6O/c1-17-25(18(2)31(4)29-17)26(33)32(14-13-19-15-27-21-10-6-5-9-20(19)21)16-24-28-22-11-7-8-12-23(22)30(24)3/h5-12,15,27H,13-14,16H2,1-4H3. The van der Waals surface area contributed by atoms with Gasteiger partial charge >= 0.3 is 0 Å². The highest BCUT2D eigenvalue weighted by molar-refractivity contribution is 5.96. The third kappa shape index (κ3) is 3.69. The van der Waals surface area contributed by atoms with Crippen LogP contribution in [0.3, 0.4) is 0 Å². The van der Waals surface area contributed by atoms with Gasteiger partial charge in [-0.2, -0.15) is 5.10 Å². The van der Waals surface area contributed by atoms with E-state index in [1.165, 1.54) is 10.9 Å². The summed E-state index contributed by atoms with van der Waals surface area (Å²) in [7, 11) is 3.88. The molecule has 0 aliphatic rings. The fourth-order valence-electron chi connectivity index (χ4n) is 4.60. The van der Waals surface area contributed by atoms with Crippen LogP contribution in [0.2, 0.25) is 0 Å². The van der Waals surface area contributed by atoms with Gasteiger partial charge in [-0.1, -0.05) is 30.3 Å². The highest BCUT2D eigenvalue weighted by Crippen LogP contribution is 2.22. The number of benzene rings is 2. The maximum Gasteiger partial charge on any atom is 0.258 e. The van der Waals surface area contributed by atoms with Crippen LogP contribution in [-0.4, -0.2) is 41.7 Å². The number of hydrogen-bond acceptors (Lipinski definition) is 3. The second-order valence-electron chi connectivity index (χ2n) is 8.58. The molecule has 3 heterocycles. The Bertz CT molecular complexity index is 1470. The summed E-state index contributed by atoms with van der Waals surface area (Å²) < 4.78 is 3.85. The molecule has 0 bridgehead atoms. The van der Waals surface area contributed by atoms with Crippen LogP contribution < -0.4 is 0 Å². The number of H-pyrrole nitrogens is 1. The first-order valence-corrected chi connectivity index (χ1v) is 11.2. The van der Waals surface area contributed by atoms with Crippen LogP contribution in [-0.2, 0) is 27.1 Å². The lowest BCUT2D eigenvalue weighted by atomic mass is 10.1. The van der Waals surface area contributed by atoms with Gasteiger partial charge in [-0.05, 0) is 44.0 Å². The van der Waals surface area contributed by atoms with Crippen LogP contribution >= 0.6 is 0 Å². The molecule has 5 rings (SSSR count). The van der Waals surface area contributed by atoms with Gasteiger partial charge in [-0.15, -0.1) is 0 Å². The Morgan fingerprint density at radius 3 is 2.58 bits per heavy atom. The van der Waals surface area contributed by atoms with Crippen molar-refractivity contribution in [1.82, 2.24) is 29.2 Å². The summed E-state index contributed by atoms with van der Waals surface area (Å²) in [6.45, 7) is 4.85. The van der Waals surface area contributed by atoms with Crippen molar-refractivity contribution in [3.8, 4) is 0 Å². The van der Waals surface area contributed by atoms with Crippen LogP contribution in [0.4, 0.5) is 0 Å². The van der Waals surface area contributed by atoms with E-state index in [4.69, 9.17) is 4.98 Å². The maximum absolute atomic E-state index is 13.8. The summed E-state index contributed by atoms with van der Waals surface area (Å²) in [5.74, 6) is 0.854. The van der Waals surface area contributed by atoms with Gasteiger partial charge in [0.25, 0.3) is 5.91 Å². The fraction of sp³-hybridized carbons (Fsp3) is 0.269. The number of carbonyl (C=O) groups excluding carboxylic acids is 1. The molecule has 0 saturated carbocycles. The van der Waals surface area contributed by atoms with Gasteiger partial charge < -0.3 is 14.5 Å². The average Bonchev–Trinajstić information content (AvgIpc) is 3.45. The minimum atomic E-state index is -0.00926. The summed E-state index contributed by atoms with van der Waals surface area (Å²) in [5, 5.41) is 5.66. The second kappa shape index (κ2) is 8.24. The molecule has 0 saturated heterocycles. The van der Waals surface area contributed by atoms with E-state index >= 15 is 0 Å². The molecule has 168 valence electrons. The Hall–Kier alpha value is -3.87. The van der Waals surface area contributed by atoms with Crippen molar-refractivity contribution in [3.63, 3.8) is 0 Å². The lowest BCUT2D eigenvalue weighted by Gasteiger charge is -2.23. The van der Waals surface area contributed by atoms with Crippen molar-refractivity contribution < 1.29 is 4.79 Å². The molecule has 7 heteroatoms. The van der Waals surface area contributed by atoms with Crippen LogP contribution in [0, 0.1) is 13.8 Å². The number of aromatic amines is 1. The quantitative estimate of drug-likeness (QED) is 0.428. The normalized spacial score (nSPS) is 11.5. The third-order valence-electron chi connectivity index (χ3n) is 6.55. The van der Waals surface area contributed by atoms with E-state index in [9.17, 15) is 4.79 Å². The molecule has 1 N–H and O–H groups in total. The van der Waals surface area contributed by atoms with E-state index in [0.29, 0.717) is 18.7 Å². The zero-order valence-corrected chi connectivity index (χ0v) is 19.5. The Balaban J connectivity index is 1.49. The molecule has 7 nitrogen and oxygen atoms in total. The number of imidazole rings is 1. The number of fused-ring (bicyclic) bond motifs is 2. The van der Waals surface area contributed by atoms with Gasteiger partial charge in [0.1, 0.15) is 5.82 Å². The van der Waals surface area contributed by atoms with E-state index < -0.39 is 0 Å². The smallest absolute Gasteiger partial charge is 0.258 e. The monoisotopic (exact) mass is 440 g/mol. The SMILES string of the molecule is Cc1nn(C)c(C)c1C(=O)N(CCc1c[nH]c2ccccc12)Cc1nc2ccccc2n1C. The number of aromatic nitrogens is 5. The molecule has 0 atom stereocenters. The van der Waals surface area contributed by atoms with Crippen molar-refractivity contribution in [2.75, 3.05) is 6.54 Å². The Morgan fingerprint density at radius 2 is 1.82 bits per heavy atom. The number of nitrogens with one attached hydrogen (secondary N) is 1. The largest absolute Gasteiger partial charge is 0.361 e. The minimum absolute atomic E-state index is 0.00926. The van der Waals surface area contributed by atoms with Gasteiger partial charge in [0.2, 0.25) is 0 Å². The third-order valence-corrected chi connectivity index (χ3v) is 6.55. The van der Waals surface area contributed by atoms with Crippen LogP contribution in [0.25, 0.3) is 21.9 Å². The van der Waals surface area contributed by atoms with Crippen LogP contribution in [0.5, 0.6) is 0 Å². The fourth-order valence-corrected chi connectivity index (χ4v) is 4.60. The van der Waals surface area contributed by atoms with Crippen LogP contribution in [0.1, 0.15) is 33.1 Å². The Kier molecular flexibility index (Phi) is 5.24. The number of nitrogens with zero attached hydrogens (tertiary/aromatic N) is 5. The molecule has 0 radical (unpaired) electrons. The molecule has 0 fully saturated rings. The van der Waals surface area contributed by atoms with E-state index in [1.54, 1.807) is 4.68 Å². The lowest BCUT2D eigenvalue weighted by molar-refractivity contribution is 0.0738. The predicted octanol–water partition coefficient (Wildman–Crippen LogP) is 4.29. The zero-order chi connectivity index (χ0) is 23.1. The number of carbonyl (C=O) groups is 1. The molecule has 3 aromatic heterocycles. The number of amides is 1. The highest BCUT2D eigenvalue weighted by atomic mass is 16.2.